The summed E-state index contributed by atoms with van der Waals surface area (Å²) in [5, 5.41) is 3.41. The second-order valence-corrected chi connectivity index (χ2v) is 6.14. The topological polar surface area (TPSA) is 48.5 Å². The summed E-state index contributed by atoms with van der Waals surface area (Å²) in [5.74, 6) is 1.71. The van der Waals surface area contributed by atoms with Crippen LogP contribution in [0.3, 0.4) is 0 Å². The lowest BCUT2D eigenvalue weighted by Gasteiger charge is -2.20. The maximum Gasteiger partial charge on any atom is 0.241 e. The van der Waals surface area contributed by atoms with Gasteiger partial charge in [0.05, 0.1) is 6.54 Å². The molecule has 1 fully saturated rings. The molecule has 5 nitrogen and oxygen atoms in total. The summed E-state index contributed by atoms with van der Waals surface area (Å²) in [7, 11) is 1.86. The first-order valence-electron chi connectivity index (χ1n) is 7.71. The number of aromatic nitrogens is 1. The van der Waals surface area contributed by atoms with E-state index in [1.165, 1.54) is 5.56 Å². The highest BCUT2D eigenvalue weighted by molar-refractivity contribution is 5.81. The van der Waals surface area contributed by atoms with E-state index in [4.69, 9.17) is 0 Å². The normalized spacial score (nSPS) is 16.5. The zero-order chi connectivity index (χ0) is 15.2. The van der Waals surface area contributed by atoms with Crippen molar-refractivity contribution in [3.8, 4) is 0 Å². The van der Waals surface area contributed by atoms with Crippen molar-refractivity contribution in [2.75, 3.05) is 38.1 Å². The number of carbonyl (C=O) groups is 1. The molecule has 21 heavy (non-hydrogen) atoms. The quantitative estimate of drug-likeness (QED) is 0.893. The van der Waals surface area contributed by atoms with E-state index < -0.39 is 0 Å². The van der Waals surface area contributed by atoms with Gasteiger partial charge in [0.25, 0.3) is 0 Å². The number of nitrogens with one attached hydrogen (secondary N) is 1. The maximum atomic E-state index is 11.9. The summed E-state index contributed by atoms with van der Waals surface area (Å²) >= 11 is 0. The van der Waals surface area contributed by atoms with E-state index in [-0.39, 0.29) is 5.91 Å². The van der Waals surface area contributed by atoms with Gasteiger partial charge in [0.2, 0.25) is 5.91 Å². The number of nitrogens with zero attached hydrogens (tertiary/aromatic N) is 3. The summed E-state index contributed by atoms with van der Waals surface area (Å²) in [6, 6.07) is 4.11. The third-order valence-electron chi connectivity index (χ3n) is 3.69. The Morgan fingerprint density at radius 3 is 2.81 bits per heavy atom. The zero-order valence-corrected chi connectivity index (χ0v) is 13.3. The van der Waals surface area contributed by atoms with E-state index >= 15 is 0 Å². The molecular weight excluding hydrogens is 264 g/mol. The Morgan fingerprint density at radius 1 is 1.33 bits per heavy atom. The van der Waals surface area contributed by atoms with Gasteiger partial charge in [-0.2, -0.15) is 0 Å². The number of pyridine rings is 1. The summed E-state index contributed by atoms with van der Waals surface area (Å²) in [6.07, 6.45) is 2.89. The Morgan fingerprint density at radius 2 is 2.14 bits per heavy atom. The number of amides is 1. The standard InChI is InChI=1S/C16H26N4O/c1-13(2)9-17-10-14-5-6-15(18-11-14)20-8-4-7-19(3)16(21)12-20/h5-6,11,13,17H,4,7-10,12H2,1-3H3. The largest absolute Gasteiger partial charge is 0.347 e. The number of rotatable bonds is 5. The molecule has 1 aromatic rings. The molecule has 0 radical (unpaired) electrons. The number of likely N-dealkylation sites (N-methyl/N-ethyl adjacent to an activating group) is 1. The van der Waals surface area contributed by atoms with Crippen LogP contribution in [-0.4, -0.2) is 49.0 Å². The summed E-state index contributed by atoms with van der Waals surface area (Å²) in [5.41, 5.74) is 1.18. The van der Waals surface area contributed by atoms with E-state index in [1.54, 1.807) is 4.90 Å². The highest BCUT2D eigenvalue weighted by Gasteiger charge is 2.19. The average Bonchev–Trinajstić information content (AvgIpc) is 2.62. The lowest BCUT2D eigenvalue weighted by molar-refractivity contribution is -0.127. The molecule has 1 aliphatic heterocycles. The molecule has 2 heterocycles. The van der Waals surface area contributed by atoms with Crippen LogP contribution in [0, 0.1) is 5.92 Å². The monoisotopic (exact) mass is 290 g/mol. The van der Waals surface area contributed by atoms with Gasteiger partial charge in [-0.1, -0.05) is 19.9 Å². The fraction of sp³-hybridized carbons (Fsp3) is 0.625. The molecule has 1 aliphatic rings. The van der Waals surface area contributed by atoms with Gasteiger partial charge < -0.3 is 15.1 Å². The molecule has 0 aliphatic carbocycles. The highest BCUT2D eigenvalue weighted by Crippen LogP contribution is 2.14. The number of anilines is 1. The van der Waals surface area contributed by atoms with Gasteiger partial charge in [0.1, 0.15) is 5.82 Å². The van der Waals surface area contributed by atoms with Crippen molar-refractivity contribution in [3.63, 3.8) is 0 Å². The second-order valence-electron chi connectivity index (χ2n) is 6.14. The predicted octanol–water partition coefficient (Wildman–Crippen LogP) is 1.50. The van der Waals surface area contributed by atoms with Crippen LogP contribution in [-0.2, 0) is 11.3 Å². The second kappa shape index (κ2) is 7.41. The molecule has 0 unspecified atom stereocenters. The smallest absolute Gasteiger partial charge is 0.241 e. The molecule has 1 amide bonds. The molecule has 1 aromatic heterocycles. The highest BCUT2D eigenvalue weighted by atomic mass is 16.2. The molecule has 0 atom stereocenters. The molecule has 2 rings (SSSR count). The van der Waals surface area contributed by atoms with Gasteiger partial charge >= 0.3 is 0 Å². The van der Waals surface area contributed by atoms with Gasteiger partial charge in [-0.15, -0.1) is 0 Å². The van der Waals surface area contributed by atoms with Crippen molar-refractivity contribution >= 4 is 11.7 Å². The molecular formula is C16H26N4O. The predicted molar refractivity (Wildman–Crippen MR) is 85.2 cm³/mol. The summed E-state index contributed by atoms with van der Waals surface area (Å²) in [4.78, 5) is 20.3. The minimum atomic E-state index is 0.164. The average molecular weight is 290 g/mol. The van der Waals surface area contributed by atoms with Crippen molar-refractivity contribution in [2.24, 2.45) is 5.92 Å². The van der Waals surface area contributed by atoms with Crippen molar-refractivity contribution in [1.82, 2.24) is 15.2 Å². The first kappa shape index (κ1) is 15.8. The molecule has 0 aromatic carbocycles. The summed E-state index contributed by atoms with van der Waals surface area (Å²) in [6.45, 7) is 8.38. The molecule has 1 saturated heterocycles. The molecule has 116 valence electrons. The Bertz CT molecular complexity index is 458. The van der Waals surface area contributed by atoms with E-state index in [0.29, 0.717) is 12.5 Å². The van der Waals surface area contributed by atoms with E-state index in [2.05, 4.69) is 35.1 Å². The molecule has 0 saturated carbocycles. The van der Waals surface area contributed by atoms with Crippen LogP contribution in [0.4, 0.5) is 5.82 Å². The fourth-order valence-electron chi connectivity index (χ4n) is 2.40. The Kier molecular flexibility index (Phi) is 5.56. The van der Waals surface area contributed by atoms with Crippen LogP contribution in [0.5, 0.6) is 0 Å². The van der Waals surface area contributed by atoms with Gasteiger partial charge in [-0.25, -0.2) is 4.98 Å². The lowest BCUT2D eigenvalue weighted by Crippen LogP contribution is -2.34. The van der Waals surface area contributed by atoms with Gasteiger partial charge in [-0.3, -0.25) is 4.79 Å². The Balaban J connectivity index is 1.93. The summed E-state index contributed by atoms with van der Waals surface area (Å²) < 4.78 is 0. The van der Waals surface area contributed by atoms with Crippen LogP contribution in [0.15, 0.2) is 18.3 Å². The third-order valence-corrected chi connectivity index (χ3v) is 3.69. The number of hydrogen-bond acceptors (Lipinski definition) is 4. The van der Waals surface area contributed by atoms with Gasteiger partial charge in [0.15, 0.2) is 0 Å². The van der Waals surface area contributed by atoms with Crippen LogP contribution in [0.25, 0.3) is 0 Å². The molecule has 0 bridgehead atoms. The Hall–Kier alpha value is -1.62. The van der Waals surface area contributed by atoms with Crippen LogP contribution in [0.2, 0.25) is 0 Å². The van der Waals surface area contributed by atoms with Gasteiger partial charge in [0, 0.05) is 32.9 Å². The van der Waals surface area contributed by atoms with E-state index in [9.17, 15) is 4.79 Å². The first-order chi connectivity index (χ1) is 10.1. The Labute approximate surface area is 127 Å². The van der Waals surface area contributed by atoms with Gasteiger partial charge in [-0.05, 0) is 30.5 Å². The molecule has 0 spiro atoms. The minimum absolute atomic E-state index is 0.164. The van der Waals surface area contributed by atoms with Crippen molar-refractivity contribution < 1.29 is 4.79 Å². The van der Waals surface area contributed by atoms with Crippen LogP contribution in [0.1, 0.15) is 25.8 Å². The zero-order valence-electron chi connectivity index (χ0n) is 13.3. The minimum Gasteiger partial charge on any atom is -0.347 e. The SMILES string of the molecule is CC(C)CNCc1ccc(N2CCCN(C)C(=O)C2)nc1. The van der Waals surface area contributed by atoms with E-state index in [0.717, 1.165) is 38.4 Å². The molecule has 1 N–H and O–H groups in total. The van der Waals surface area contributed by atoms with Crippen molar-refractivity contribution in [3.05, 3.63) is 23.9 Å². The number of hydrogen-bond donors (Lipinski definition) is 1. The number of carbonyl (C=O) groups excluding carboxylic acids is 1. The van der Waals surface area contributed by atoms with Crippen LogP contribution >= 0.6 is 0 Å². The first-order valence-corrected chi connectivity index (χ1v) is 7.71. The van der Waals surface area contributed by atoms with Crippen molar-refractivity contribution in [2.45, 2.75) is 26.8 Å². The lowest BCUT2D eigenvalue weighted by atomic mass is 10.2. The van der Waals surface area contributed by atoms with E-state index in [1.807, 2.05) is 19.3 Å². The van der Waals surface area contributed by atoms with Crippen molar-refractivity contribution in [1.29, 1.82) is 0 Å². The maximum absolute atomic E-state index is 11.9. The van der Waals surface area contributed by atoms with Crippen LogP contribution < -0.4 is 10.2 Å². The third kappa shape index (κ3) is 4.70. The fourth-order valence-corrected chi connectivity index (χ4v) is 2.40. The molecule has 5 heteroatoms.